The Balaban J connectivity index is 1.75. The minimum atomic E-state index is -0.761. The first-order valence-electron chi connectivity index (χ1n) is 7.18. The van der Waals surface area contributed by atoms with Crippen molar-refractivity contribution in [2.75, 3.05) is 13.1 Å². The first-order valence-corrected chi connectivity index (χ1v) is 8.00. The molecule has 22 heavy (non-hydrogen) atoms. The minimum absolute atomic E-state index is 0.0417. The summed E-state index contributed by atoms with van der Waals surface area (Å²) >= 11 is 1.49. The maximum Gasteiger partial charge on any atom is 0.324 e. The smallest absolute Gasteiger partial charge is 0.324 e. The molecule has 0 aromatic carbocycles. The van der Waals surface area contributed by atoms with Gasteiger partial charge in [0.25, 0.3) is 5.91 Å². The number of amides is 4. The molecule has 0 radical (unpaired) electrons. The van der Waals surface area contributed by atoms with E-state index in [-0.39, 0.29) is 18.2 Å². The highest BCUT2D eigenvalue weighted by molar-refractivity contribution is 7.11. The molecule has 1 aromatic heterocycles. The second-order valence-corrected chi connectivity index (χ2v) is 6.28. The van der Waals surface area contributed by atoms with Gasteiger partial charge in [0, 0.05) is 19.5 Å². The summed E-state index contributed by atoms with van der Waals surface area (Å²) in [6.07, 6.45) is 1.25. The summed E-state index contributed by atoms with van der Waals surface area (Å²) in [5.41, 5.74) is 0. The Morgan fingerprint density at radius 1 is 1.41 bits per heavy atom. The highest BCUT2D eigenvalue weighted by atomic mass is 32.1. The molecular weight excluding hydrogens is 306 g/mol. The molecule has 2 heterocycles. The van der Waals surface area contributed by atoms with E-state index in [2.05, 4.69) is 20.8 Å². The SMILES string of the molecule is CCCN1C(=O)N[C@@H](CC(=O)NCCc2nnc(C)s2)C1=O. The van der Waals surface area contributed by atoms with Crippen molar-refractivity contribution >= 4 is 29.2 Å². The number of aryl methyl sites for hydroxylation is 1. The van der Waals surface area contributed by atoms with Gasteiger partial charge in [-0.15, -0.1) is 21.5 Å². The van der Waals surface area contributed by atoms with Crippen molar-refractivity contribution in [3.05, 3.63) is 10.0 Å². The van der Waals surface area contributed by atoms with Crippen molar-refractivity contribution < 1.29 is 14.4 Å². The van der Waals surface area contributed by atoms with Gasteiger partial charge in [-0.1, -0.05) is 6.92 Å². The number of hydrogen-bond donors (Lipinski definition) is 2. The molecule has 2 N–H and O–H groups in total. The highest BCUT2D eigenvalue weighted by Crippen LogP contribution is 2.10. The number of nitrogens with zero attached hydrogens (tertiary/aromatic N) is 3. The second-order valence-electron chi connectivity index (χ2n) is 5.01. The van der Waals surface area contributed by atoms with Crippen molar-refractivity contribution in [3.63, 3.8) is 0 Å². The van der Waals surface area contributed by atoms with E-state index in [4.69, 9.17) is 0 Å². The molecule has 1 aliphatic rings. The third kappa shape index (κ3) is 4.00. The van der Waals surface area contributed by atoms with E-state index < -0.39 is 12.1 Å². The van der Waals surface area contributed by atoms with Gasteiger partial charge in [-0.3, -0.25) is 14.5 Å². The van der Waals surface area contributed by atoms with Crippen LogP contribution in [0.5, 0.6) is 0 Å². The Labute approximate surface area is 132 Å². The normalized spacial score (nSPS) is 17.7. The van der Waals surface area contributed by atoms with Gasteiger partial charge in [0.1, 0.15) is 16.1 Å². The second kappa shape index (κ2) is 7.30. The molecule has 0 bridgehead atoms. The molecule has 1 saturated heterocycles. The molecule has 2 rings (SSSR count). The van der Waals surface area contributed by atoms with Crippen molar-refractivity contribution in [2.24, 2.45) is 0 Å². The molecule has 0 aliphatic carbocycles. The van der Waals surface area contributed by atoms with Gasteiger partial charge in [0.2, 0.25) is 5.91 Å². The fraction of sp³-hybridized carbons (Fsp3) is 0.615. The lowest BCUT2D eigenvalue weighted by Crippen LogP contribution is -2.37. The van der Waals surface area contributed by atoms with E-state index in [1.54, 1.807) is 0 Å². The molecule has 0 unspecified atom stereocenters. The lowest BCUT2D eigenvalue weighted by molar-refractivity contribution is -0.130. The van der Waals surface area contributed by atoms with Crippen molar-refractivity contribution in [3.8, 4) is 0 Å². The Morgan fingerprint density at radius 3 is 2.82 bits per heavy atom. The Morgan fingerprint density at radius 2 is 2.18 bits per heavy atom. The molecule has 1 atom stereocenters. The largest absolute Gasteiger partial charge is 0.356 e. The molecule has 0 spiro atoms. The third-order valence-electron chi connectivity index (χ3n) is 3.17. The van der Waals surface area contributed by atoms with Crippen LogP contribution < -0.4 is 10.6 Å². The zero-order valence-electron chi connectivity index (χ0n) is 12.6. The average molecular weight is 325 g/mol. The number of urea groups is 1. The first kappa shape index (κ1) is 16.3. The van der Waals surface area contributed by atoms with E-state index in [9.17, 15) is 14.4 Å². The monoisotopic (exact) mass is 325 g/mol. The molecule has 8 nitrogen and oxygen atoms in total. The average Bonchev–Trinajstić information content (AvgIpc) is 2.98. The van der Waals surface area contributed by atoms with E-state index in [1.165, 1.54) is 11.3 Å². The summed E-state index contributed by atoms with van der Waals surface area (Å²) in [5.74, 6) is -0.597. The summed E-state index contributed by atoms with van der Waals surface area (Å²) in [6, 6.07) is -1.18. The third-order valence-corrected chi connectivity index (χ3v) is 4.07. The number of carbonyl (C=O) groups is 3. The zero-order chi connectivity index (χ0) is 16.1. The van der Waals surface area contributed by atoms with Crippen LogP contribution in [0.4, 0.5) is 4.79 Å². The number of hydrogen-bond acceptors (Lipinski definition) is 6. The standard InChI is InChI=1S/C13H19N5O3S/c1-3-6-18-12(20)9(15-13(18)21)7-10(19)14-5-4-11-17-16-8(2)22-11/h9H,3-7H2,1-2H3,(H,14,19)(H,15,21)/t9-/m0/s1. The van der Waals surface area contributed by atoms with Crippen molar-refractivity contribution in [2.45, 2.75) is 39.2 Å². The molecule has 1 fully saturated rings. The number of nitrogens with one attached hydrogen (secondary N) is 2. The van der Waals surface area contributed by atoms with Crippen LogP contribution in [0.3, 0.4) is 0 Å². The van der Waals surface area contributed by atoms with E-state index in [0.717, 1.165) is 14.9 Å². The number of imide groups is 1. The van der Waals surface area contributed by atoms with Gasteiger partial charge in [-0.25, -0.2) is 4.79 Å². The van der Waals surface area contributed by atoms with Crippen LogP contribution in [0, 0.1) is 6.92 Å². The first-order chi connectivity index (χ1) is 10.5. The Bertz CT molecular complexity index is 574. The van der Waals surface area contributed by atoms with E-state index >= 15 is 0 Å². The number of carbonyl (C=O) groups excluding carboxylic acids is 3. The highest BCUT2D eigenvalue weighted by Gasteiger charge is 2.38. The fourth-order valence-corrected chi connectivity index (χ4v) is 2.86. The van der Waals surface area contributed by atoms with Crippen LogP contribution >= 0.6 is 11.3 Å². The van der Waals surface area contributed by atoms with Crippen LogP contribution in [-0.4, -0.2) is 52.1 Å². The van der Waals surface area contributed by atoms with Crippen LogP contribution in [0.15, 0.2) is 0 Å². The van der Waals surface area contributed by atoms with Gasteiger partial charge in [-0.2, -0.15) is 0 Å². The summed E-state index contributed by atoms with van der Waals surface area (Å²) in [5, 5.41) is 14.9. The van der Waals surface area contributed by atoms with Gasteiger partial charge in [0.15, 0.2) is 0 Å². The van der Waals surface area contributed by atoms with Gasteiger partial charge in [-0.05, 0) is 13.3 Å². The summed E-state index contributed by atoms with van der Waals surface area (Å²) in [6.45, 7) is 4.56. The van der Waals surface area contributed by atoms with Gasteiger partial charge < -0.3 is 10.6 Å². The summed E-state index contributed by atoms with van der Waals surface area (Å²) in [7, 11) is 0. The summed E-state index contributed by atoms with van der Waals surface area (Å²) in [4.78, 5) is 36.6. The predicted molar refractivity (Wildman–Crippen MR) is 80.3 cm³/mol. The van der Waals surface area contributed by atoms with Crippen LogP contribution in [-0.2, 0) is 16.0 Å². The molecule has 4 amide bonds. The molecule has 120 valence electrons. The lowest BCUT2D eigenvalue weighted by Gasteiger charge is -2.11. The maximum atomic E-state index is 12.0. The summed E-state index contributed by atoms with van der Waals surface area (Å²) < 4.78 is 0. The number of rotatable bonds is 7. The lowest BCUT2D eigenvalue weighted by atomic mass is 10.2. The Hall–Kier alpha value is -2.03. The van der Waals surface area contributed by atoms with E-state index in [1.807, 2.05) is 13.8 Å². The van der Waals surface area contributed by atoms with Crippen LogP contribution in [0.2, 0.25) is 0 Å². The van der Waals surface area contributed by atoms with Crippen molar-refractivity contribution in [1.29, 1.82) is 0 Å². The van der Waals surface area contributed by atoms with Gasteiger partial charge in [0.05, 0.1) is 6.42 Å². The maximum absolute atomic E-state index is 12.0. The van der Waals surface area contributed by atoms with Crippen LogP contribution in [0.1, 0.15) is 29.8 Å². The number of aromatic nitrogens is 2. The van der Waals surface area contributed by atoms with Gasteiger partial charge >= 0.3 is 6.03 Å². The van der Waals surface area contributed by atoms with Crippen molar-refractivity contribution in [1.82, 2.24) is 25.7 Å². The van der Waals surface area contributed by atoms with E-state index in [0.29, 0.717) is 25.9 Å². The zero-order valence-corrected chi connectivity index (χ0v) is 13.4. The quantitative estimate of drug-likeness (QED) is 0.698. The predicted octanol–water partition coefficient (Wildman–Crippen LogP) is 0.226. The van der Waals surface area contributed by atoms with Crippen LogP contribution in [0.25, 0.3) is 0 Å². The Kier molecular flexibility index (Phi) is 5.42. The fourth-order valence-electron chi connectivity index (χ4n) is 2.16. The molecule has 1 aliphatic heterocycles. The minimum Gasteiger partial charge on any atom is -0.356 e. The molecular formula is C13H19N5O3S. The molecule has 9 heteroatoms. The molecule has 0 saturated carbocycles. The topological polar surface area (TPSA) is 104 Å². The molecule has 1 aromatic rings.